The lowest BCUT2D eigenvalue weighted by Gasteiger charge is -2.28. The molecule has 0 aliphatic heterocycles. The summed E-state index contributed by atoms with van der Waals surface area (Å²) in [6, 6.07) is 51.0. The van der Waals surface area contributed by atoms with Gasteiger partial charge in [-0.15, -0.1) is 11.3 Å². The lowest BCUT2D eigenvalue weighted by Crippen LogP contribution is -2.15. The maximum Gasteiger partial charge on any atom is 0.137 e. The van der Waals surface area contributed by atoms with Crippen molar-refractivity contribution >= 4 is 81.3 Å². The van der Waals surface area contributed by atoms with Crippen LogP contribution in [-0.2, 0) is 5.41 Å². The second-order valence-electron chi connectivity index (χ2n) is 12.9. The van der Waals surface area contributed by atoms with Crippen molar-refractivity contribution in [1.82, 2.24) is 0 Å². The molecule has 9 aromatic rings. The van der Waals surface area contributed by atoms with Crippen LogP contribution in [0.5, 0.6) is 0 Å². The molecular weight excluding hydrogens is 579 g/mol. The van der Waals surface area contributed by atoms with Gasteiger partial charge in [-0.25, -0.2) is 0 Å². The van der Waals surface area contributed by atoms with E-state index < -0.39 is 0 Å². The Balaban J connectivity index is 1.29. The first-order valence-corrected chi connectivity index (χ1v) is 16.7. The number of furan rings is 1. The third-order valence-corrected chi connectivity index (χ3v) is 11.3. The maximum atomic E-state index is 6.44. The van der Waals surface area contributed by atoms with E-state index in [4.69, 9.17) is 4.42 Å². The first-order valence-electron chi connectivity index (χ1n) is 15.9. The van der Waals surface area contributed by atoms with E-state index >= 15 is 0 Å². The fraction of sp³-hybridized carbons (Fsp3) is 0.0698. The van der Waals surface area contributed by atoms with Crippen molar-refractivity contribution in [2.45, 2.75) is 19.3 Å². The van der Waals surface area contributed by atoms with E-state index in [-0.39, 0.29) is 5.41 Å². The van der Waals surface area contributed by atoms with E-state index in [0.717, 1.165) is 39.0 Å². The lowest BCUT2D eigenvalue weighted by molar-refractivity contribution is 0.660. The van der Waals surface area contributed by atoms with Crippen LogP contribution >= 0.6 is 11.3 Å². The standard InChI is InChI=1S/C43H29NOS/c1-43(2)36-16-8-5-11-28(36)34-23-26(20-22-37(34)43)44(27-19-21-31-30-13-6-9-17-39(30)45-40(31)24-27)38-25-35-32-14-7-10-18-41(32)46-42(35)33-15-4-3-12-29(33)38/h3-25H,1-2H3. The van der Waals surface area contributed by atoms with Crippen LogP contribution in [0.2, 0.25) is 0 Å². The second-order valence-corrected chi connectivity index (χ2v) is 14.0. The maximum absolute atomic E-state index is 6.44. The van der Waals surface area contributed by atoms with Gasteiger partial charge in [-0.2, -0.15) is 0 Å². The van der Waals surface area contributed by atoms with Gasteiger partial charge in [0.2, 0.25) is 0 Å². The molecule has 0 saturated carbocycles. The van der Waals surface area contributed by atoms with Crippen LogP contribution in [0.4, 0.5) is 17.1 Å². The van der Waals surface area contributed by atoms with Gasteiger partial charge in [0.05, 0.1) is 5.69 Å². The van der Waals surface area contributed by atoms with Crippen LogP contribution in [0, 0.1) is 0 Å². The minimum absolute atomic E-state index is 0.0519. The molecule has 0 amide bonds. The van der Waals surface area contributed by atoms with E-state index in [9.17, 15) is 0 Å². The average molecular weight is 608 g/mol. The Bertz CT molecular complexity index is 2690. The first kappa shape index (κ1) is 25.9. The fourth-order valence-corrected chi connectivity index (χ4v) is 9.06. The number of thiophene rings is 1. The summed E-state index contributed by atoms with van der Waals surface area (Å²) >= 11 is 1.88. The molecule has 0 radical (unpaired) electrons. The van der Waals surface area contributed by atoms with Crippen molar-refractivity contribution in [3.05, 3.63) is 151 Å². The zero-order valence-electron chi connectivity index (χ0n) is 25.5. The number of fused-ring (bicyclic) bond motifs is 11. The molecule has 0 saturated heterocycles. The SMILES string of the molecule is CC1(C)c2ccccc2-c2cc(N(c3ccc4c(c3)oc3ccccc34)c3cc4c5ccccc5sc4c4ccccc34)ccc21. The highest BCUT2D eigenvalue weighted by Gasteiger charge is 2.35. The van der Waals surface area contributed by atoms with Gasteiger partial charge >= 0.3 is 0 Å². The zero-order chi connectivity index (χ0) is 30.6. The molecule has 2 aromatic heterocycles. The molecular formula is C43H29NOS. The first-order chi connectivity index (χ1) is 22.6. The largest absolute Gasteiger partial charge is 0.456 e. The van der Waals surface area contributed by atoms with Gasteiger partial charge < -0.3 is 9.32 Å². The van der Waals surface area contributed by atoms with Crippen molar-refractivity contribution in [3.8, 4) is 11.1 Å². The molecule has 2 nitrogen and oxygen atoms in total. The minimum atomic E-state index is -0.0519. The zero-order valence-corrected chi connectivity index (χ0v) is 26.4. The molecule has 3 heteroatoms. The minimum Gasteiger partial charge on any atom is -0.456 e. The highest BCUT2D eigenvalue weighted by atomic mass is 32.1. The molecule has 10 rings (SSSR count). The Morgan fingerprint density at radius 2 is 1.15 bits per heavy atom. The average Bonchev–Trinajstić information content (AvgIpc) is 3.73. The van der Waals surface area contributed by atoms with Gasteiger partial charge in [0.1, 0.15) is 11.2 Å². The molecule has 0 N–H and O–H groups in total. The third-order valence-electron chi connectivity index (χ3n) is 10.0. The number of anilines is 3. The molecule has 0 atom stereocenters. The molecule has 0 bridgehead atoms. The highest BCUT2D eigenvalue weighted by Crippen LogP contribution is 2.52. The van der Waals surface area contributed by atoms with Crippen LogP contribution in [-0.4, -0.2) is 0 Å². The number of rotatable bonds is 3. The molecule has 0 spiro atoms. The summed E-state index contributed by atoms with van der Waals surface area (Å²) in [4.78, 5) is 2.44. The summed E-state index contributed by atoms with van der Waals surface area (Å²) in [7, 11) is 0. The molecule has 0 unspecified atom stereocenters. The molecule has 218 valence electrons. The summed E-state index contributed by atoms with van der Waals surface area (Å²) in [6.45, 7) is 4.68. The number of nitrogens with zero attached hydrogens (tertiary/aromatic N) is 1. The van der Waals surface area contributed by atoms with Gasteiger partial charge in [0, 0.05) is 64.6 Å². The van der Waals surface area contributed by atoms with Crippen LogP contribution in [0.1, 0.15) is 25.0 Å². The van der Waals surface area contributed by atoms with E-state index in [1.807, 2.05) is 17.4 Å². The summed E-state index contributed by atoms with van der Waals surface area (Å²) in [6.07, 6.45) is 0. The number of para-hydroxylation sites is 1. The topological polar surface area (TPSA) is 16.4 Å². The molecule has 7 aromatic carbocycles. The quantitative estimate of drug-likeness (QED) is 0.199. The van der Waals surface area contributed by atoms with Gasteiger partial charge in [0.25, 0.3) is 0 Å². The lowest BCUT2D eigenvalue weighted by atomic mass is 9.82. The van der Waals surface area contributed by atoms with Gasteiger partial charge in [0.15, 0.2) is 0 Å². The number of hydrogen-bond acceptors (Lipinski definition) is 3. The predicted molar refractivity (Wildman–Crippen MR) is 196 cm³/mol. The van der Waals surface area contributed by atoms with Crippen molar-refractivity contribution in [1.29, 1.82) is 0 Å². The van der Waals surface area contributed by atoms with Crippen molar-refractivity contribution in [2.24, 2.45) is 0 Å². The number of benzene rings is 7. The molecule has 1 aliphatic carbocycles. The van der Waals surface area contributed by atoms with Gasteiger partial charge in [-0.3, -0.25) is 0 Å². The normalized spacial score (nSPS) is 13.6. The summed E-state index contributed by atoms with van der Waals surface area (Å²) in [5, 5.41) is 7.37. The monoisotopic (exact) mass is 607 g/mol. The van der Waals surface area contributed by atoms with Gasteiger partial charge in [-0.1, -0.05) is 105 Å². The summed E-state index contributed by atoms with van der Waals surface area (Å²) < 4.78 is 9.08. The molecule has 46 heavy (non-hydrogen) atoms. The summed E-state index contributed by atoms with van der Waals surface area (Å²) in [5.74, 6) is 0. The molecule has 1 aliphatic rings. The van der Waals surface area contributed by atoms with E-state index in [1.165, 1.54) is 53.2 Å². The fourth-order valence-electron chi connectivity index (χ4n) is 7.84. The molecule has 2 heterocycles. The Hall–Kier alpha value is -5.38. The molecule has 0 fully saturated rings. The highest BCUT2D eigenvalue weighted by molar-refractivity contribution is 7.26. The Kier molecular flexibility index (Phi) is 5.25. The van der Waals surface area contributed by atoms with Crippen molar-refractivity contribution < 1.29 is 4.42 Å². The Morgan fingerprint density at radius 3 is 2.04 bits per heavy atom. The smallest absolute Gasteiger partial charge is 0.137 e. The van der Waals surface area contributed by atoms with E-state index in [1.54, 1.807) is 0 Å². The second kappa shape index (κ2) is 9.32. The van der Waals surface area contributed by atoms with Crippen molar-refractivity contribution in [2.75, 3.05) is 4.90 Å². The van der Waals surface area contributed by atoms with E-state index in [2.05, 4.69) is 152 Å². The van der Waals surface area contributed by atoms with Crippen molar-refractivity contribution in [3.63, 3.8) is 0 Å². The van der Waals surface area contributed by atoms with Gasteiger partial charge in [-0.05, 0) is 64.7 Å². The van der Waals surface area contributed by atoms with Crippen LogP contribution in [0.3, 0.4) is 0 Å². The third kappa shape index (κ3) is 3.52. The van der Waals surface area contributed by atoms with E-state index in [0.29, 0.717) is 0 Å². The predicted octanol–water partition coefficient (Wildman–Crippen LogP) is 12.9. The van der Waals surface area contributed by atoms with Crippen LogP contribution in [0.15, 0.2) is 144 Å². The van der Waals surface area contributed by atoms with Crippen LogP contribution < -0.4 is 4.90 Å². The Morgan fingerprint density at radius 1 is 0.500 bits per heavy atom. The Labute approximate surface area is 270 Å². The number of hydrogen-bond donors (Lipinski definition) is 0. The van der Waals surface area contributed by atoms with Crippen LogP contribution in [0.25, 0.3) is 64.0 Å². The summed E-state index contributed by atoms with van der Waals surface area (Å²) in [5.41, 5.74) is 10.5.